The lowest BCUT2D eigenvalue weighted by Crippen LogP contribution is -2.00. The molecular weight excluding hydrogens is 358 g/mol. The Morgan fingerprint density at radius 3 is 2.78 bits per heavy atom. The predicted molar refractivity (Wildman–Crippen MR) is 74.7 cm³/mol. The van der Waals surface area contributed by atoms with Crippen LogP contribution in [0.15, 0.2) is 30.4 Å². The first kappa shape index (κ1) is 13.8. The van der Waals surface area contributed by atoms with Crippen molar-refractivity contribution in [2.45, 2.75) is 13.7 Å². The van der Waals surface area contributed by atoms with Gasteiger partial charge in [-0.3, -0.25) is 0 Å². The molecule has 0 bridgehead atoms. The van der Waals surface area contributed by atoms with Gasteiger partial charge in [0.25, 0.3) is 0 Å². The molecule has 0 aliphatic carbocycles. The molecule has 0 aliphatic rings. The number of pyridine rings is 1. The smallest absolute Gasteiger partial charge is 0.338 e. The van der Waals surface area contributed by atoms with E-state index in [0.29, 0.717) is 13.8 Å². The molecule has 1 N–H and O–H groups in total. The fraction of sp³-hybridized carbons (Fsp3) is 0.111. The van der Waals surface area contributed by atoms with Crippen molar-refractivity contribution in [1.82, 2.24) is 15.2 Å². The van der Waals surface area contributed by atoms with Crippen LogP contribution in [0.1, 0.15) is 10.4 Å². The number of thioether (sulfide) groups is 1. The van der Waals surface area contributed by atoms with Gasteiger partial charge in [0.1, 0.15) is 5.03 Å². The molecule has 2 aromatic rings. The van der Waals surface area contributed by atoms with E-state index in [4.69, 9.17) is 5.11 Å². The number of hydrogen-bond acceptors (Lipinski definition) is 7. The zero-order chi connectivity index (χ0) is 13.1. The molecule has 0 amide bonds. The third-order valence-corrected chi connectivity index (χ3v) is 5.20. The van der Waals surface area contributed by atoms with Crippen LogP contribution in [-0.4, -0.2) is 32.5 Å². The van der Waals surface area contributed by atoms with E-state index < -0.39 is 5.97 Å². The molecule has 9 heteroatoms. The summed E-state index contributed by atoms with van der Waals surface area (Å²) in [5.74, 6) is -1.01. The molecule has 2 rings (SSSR count). The number of aromatic nitrogens is 3. The Kier molecular flexibility index (Phi) is 4.60. The van der Waals surface area contributed by atoms with E-state index in [0.717, 1.165) is 4.34 Å². The maximum absolute atomic E-state index is 11.1. The molecule has 5 nitrogen and oxygen atoms in total. The Bertz CT molecular complexity index is 590. The summed E-state index contributed by atoms with van der Waals surface area (Å²) in [6, 6.07) is 1.52. The highest BCUT2D eigenvalue weighted by Gasteiger charge is 2.15. The topological polar surface area (TPSA) is 76.0 Å². The first-order valence-electron chi connectivity index (χ1n) is 4.54. The fourth-order valence-corrected chi connectivity index (χ4v) is 3.81. The first-order chi connectivity index (χ1) is 8.60. The van der Waals surface area contributed by atoms with Crippen LogP contribution in [0.25, 0.3) is 0 Å². The van der Waals surface area contributed by atoms with E-state index in [-0.39, 0.29) is 5.56 Å². The number of nitrogens with zero attached hydrogens (tertiary/aromatic N) is 3. The summed E-state index contributed by atoms with van der Waals surface area (Å²) in [6.07, 6.45) is 3.47. The van der Waals surface area contributed by atoms with Gasteiger partial charge in [0.15, 0.2) is 8.68 Å². The average molecular weight is 364 g/mol. The molecule has 0 radical (unpaired) electrons. The van der Waals surface area contributed by atoms with Gasteiger partial charge in [-0.25, -0.2) is 9.78 Å². The predicted octanol–water partition coefficient (Wildman–Crippen LogP) is 3.27. The van der Waals surface area contributed by atoms with E-state index in [1.807, 2.05) is 6.26 Å². The second-order valence-corrected chi connectivity index (χ2v) is 7.13. The third kappa shape index (κ3) is 3.22. The minimum Gasteiger partial charge on any atom is -0.478 e. The van der Waals surface area contributed by atoms with Crippen molar-refractivity contribution >= 4 is 56.8 Å². The minimum atomic E-state index is -1.01. The summed E-state index contributed by atoms with van der Waals surface area (Å²) >= 11 is 7.32. The molecule has 0 saturated carbocycles. The summed E-state index contributed by atoms with van der Waals surface area (Å²) in [4.78, 5) is 15.2. The molecule has 0 aliphatic heterocycles. The van der Waals surface area contributed by atoms with Crippen LogP contribution < -0.4 is 0 Å². The van der Waals surface area contributed by atoms with E-state index in [1.165, 1.54) is 40.9 Å². The quantitative estimate of drug-likeness (QED) is 0.835. The standard InChI is InChI=1S/C9H6BrN3O2S3/c1-16-8-12-13-9(18-8)17-6-5(7(14)15)2-4(10)3-11-6/h2-3H,1H3,(H,14,15). The highest BCUT2D eigenvalue weighted by Crippen LogP contribution is 2.34. The lowest BCUT2D eigenvalue weighted by Gasteiger charge is -2.02. The first-order valence-corrected chi connectivity index (χ1v) is 8.19. The summed E-state index contributed by atoms with van der Waals surface area (Å²) in [5.41, 5.74) is 0.148. The maximum atomic E-state index is 11.1. The zero-order valence-corrected chi connectivity index (χ0v) is 13.0. The van der Waals surface area contributed by atoms with Crippen molar-refractivity contribution in [3.05, 3.63) is 22.3 Å². The number of carboxylic acid groups (broad SMARTS) is 1. The highest BCUT2D eigenvalue weighted by atomic mass is 79.9. The van der Waals surface area contributed by atoms with Crippen LogP contribution in [0.3, 0.4) is 0 Å². The van der Waals surface area contributed by atoms with E-state index in [2.05, 4.69) is 31.1 Å². The summed E-state index contributed by atoms with van der Waals surface area (Å²) in [6.45, 7) is 0. The second-order valence-electron chi connectivity index (χ2n) is 2.95. The minimum absolute atomic E-state index is 0.148. The molecule has 0 atom stereocenters. The summed E-state index contributed by atoms with van der Waals surface area (Å²) in [7, 11) is 0. The van der Waals surface area contributed by atoms with Gasteiger partial charge in [-0.1, -0.05) is 23.1 Å². The Labute approximate surface area is 124 Å². The molecule has 0 fully saturated rings. The molecule has 0 spiro atoms. The number of carboxylic acids is 1. The number of rotatable bonds is 4. The van der Waals surface area contributed by atoms with Crippen molar-refractivity contribution in [2.24, 2.45) is 0 Å². The highest BCUT2D eigenvalue weighted by molar-refractivity contribution is 9.10. The number of hydrogen-bond donors (Lipinski definition) is 1. The Balaban J connectivity index is 2.30. The largest absolute Gasteiger partial charge is 0.478 e. The zero-order valence-electron chi connectivity index (χ0n) is 8.95. The molecule has 18 heavy (non-hydrogen) atoms. The summed E-state index contributed by atoms with van der Waals surface area (Å²) < 4.78 is 2.15. The third-order valence-electron chi connectivity index (χ3n) is 1.79. The van der Waals surface area contributed by atoms with Gasteiger partial charge >= 0.3 is 5.97 Å². The van der Waals surface area contributed by atoms with Gasteiger partial charge < -0.3 is 5.11 Å². The Hall–Kier alpha value is -0.640. The van der Waals surface area contributed by atoms with Crippen LogP contribution >= 0.6 is 50.8 Å². The Morgan fingerprint density at radius 1 is 1.44 bits per heavy atom. The molecule has 0 aromatic carbocycles. The van der Waals surface area contributed by atoms with Gasteiger partial charge in [-0.2, -0.15) is 0 Å². The average Bonchev–Trinajstić information content (AvgIpc) is 2.79. The SMILES string of the molecule is CSc1nnc(Sc2ncc(Br)cc2C(=O)O)s1. The number of halogens is 1. The van der Waals surface area contributed by atoms with Crippen LogP contribution in [-0.2, 0) is 0 Å². The lowest BCUT2D eigenvalue weighted by atomic mass is 10.3. The van der Waals surface area contributed by atoms with Gasteiger partial charge in [-0.15, -0.1) is 10.2 Å². The van der Waals surface area contributed by atoms with Gasteiger partial charge in [0.2, 0.25) is 0 Å². The number of carbonyl (C=O) groups is 1. The van der Waals surface area contributed by atoms with Crippen LogP contribution in [0, 0.1) is 0 Å². The lowest BCUT2D eigenvalue weighted by molar-refractivity contribution is 0.0692. The van der Waals surface area contributed by atoms with Gasteiger partial charge in [-0.05, 0) is 40.0 Å². The number of aromatic carboxylic acids is 1. The second kappa shape index (κ2) is 6.00. The molecule has 2 heterocycles. The monoisotopic (exact) mass is 363 g/mol. The molecular formula is C9H6BrN3O2S3. The van der Waals surface area contributed by atoms with E-state index in [1.54, 1.807) is 6.20 Å². The van der Waals surface area contributed by atoms with Crippen molar-refractivity contribution in [1.29, 1.82) is 0 Å². The van der Waals surface area contributed by atoms with Crippen LogP contribution in [0.4, 0.5) is 0 Å². The fourth-order valence-electron chi connectivity index (χ4n) is 1.06. The van der Waals surface area contributed by atoms with Crippen LogP contribution in [0.5, 0.6) is 0 Å². The normalized spacial score (nSPS) is 10.6. The van der Waals surface area contributed by atoms with Crippen LogP contribution in [0.2, 0.25) is 0 Å². The van der Waals surface area contributed by atoms with Crippen molar-refractivity contribution in [3.63, 3.8) is 0 Å². The molecule has 0 unspecified atom stereocenters. The molecule has 94 valence electrons. The van der Waals surface area contributed by atoms with E-state index >= 15 is 0 Å². The summed E-state index contributed by atoms with van der Waals surface area (Å²) in [5, 5.41) is 17.4. The van der Waals surface area contributed by atoms with Crippen molar-refractivity contribution in [3.8, 4) is 0 Å². The molecule has 2 aromatic heterocycles. The van der Waals surface area contributed by atoms with Crippen molar-refractivity contribution < 1.29 is 9.90 Å². The van der Waals surface area contributed by atoms with Gasteiger partial charge in [0, 0.05) is 10.7 Å². The van der Waals surface area contributed by atoms with Crippen molar-refractivity contribution in [2.75, 3.05) is 6.26 Å². The van der Waals surface area contributed by atoms with Gasteiger partial charge in [0.05, 0.1) is 5.56 Å². The van der Waals surface area contributed by atoms with E-state index in [9.17, 15) is 4.79 Å². The Morgan fingerprint density at radius 2 is 2.17 bits per heavy atom. The maximum Gasteiger partial charge on any atom is 0.338 e. The molecule has 0 saturated heterocycles.